The van der Waals surface area contributed by atoms with Crippen LogP contribution >= 0.6 is 0 Å². The molecule has 0 aliphatic heterocycles. The van der Waals surface area contributed by atoms with E-state index in [2.05, 4.69) is 20.8 Å². The van der Waals surface area contributed by atoms with Crippen LogP contribution < -0.4 is 0 Å². The summed E-state index contributed by atoms with van der Waals surface area (Å²) in [4.78, 5) is 0. The number of hydrogen-bond donors (Lipinski definition) is 0. The molecule has 2 nitrogen and oxygen atoms in total. The normalized spacial score (nSPS) is 15.3. The van der Waals surface area contributed by atoms with Crippen LogP contribution in [0.5, 0.6) is 0 Å². The topological polar surface area (TPSA) is 17.1 Å². The van der Waals surface area contributed by atoms with Crippen molar-refractivity contribution in [2.75, 3.05) is 14.1 Å². The van der Waals surface area contributed by atoms with Gasteiger partial charge in [-0.1, -0.05) is 48.5 Å². The molecule has 0 bridgehead atoms. The first-order valence-corrected chi connectivity index (χ1v) is 11.5. The van der Waals surface area contributed by atoms with E-state index in [0.717, 1.165) is 27.5 Å². The van der Waals surface area contributed by atoms with Gasteiger partial charge in [0.15, 0.2) is 0 Å². The van der Waals surface area contributed by atoms with E-state index in [-0.39, 0.29) is 32.8 Å². The number of nitrogens with zero attached hydrogens (tertiary/aromatic N) is 1. The van der Waals surface area contributed by atoms with E-state index < -0.39 is 14.9 Å². The Morgan fingerprint density at radius 2 is 1.39 bits per heavy atom. The van der Waals surface area contributed by atoms with Crippen LogP contribution in [0.1, 0.15) is 49.4 Å². The van der Waals surface area contributed by atoms with Crippen molar-refractivity contribution in [2.24, 2.45) is 0 Å². The van der Waals surface area contributed by atoms with Crippen LogP contribution in [0.15, 0.2) is 65.9 Å². The maximum absolute atomic E-state index is 14.1. The summed E-state index contributed by atoms with van der Waals surface area (Å²) in [7, 11) is 1.86. The first-order chi connectivity index (χ1) is 14.0. The maximum Gasteiger partial charge on any atom is 0.587 e. The van der Waals surface area contributed by atoms with Crippen molar-refractivity contribution in [3.8, 4) is 0 Å². The first-order valence-electron chi connectivity index (χ1n) is 10.1. The molecule has 2 aromatic carbocycles. The number of halogens is 2. The summed E-state index contributed by atoms with van der Waals surface area (Å²) in [5.74, 6) is 0. The van der Waals surface area contributed by atoms with Gasteiger partial charge in [0.1, 0.15) is 0 Å². The minimum absolute atomic E-state index is 0. The minimum atomic E-state index is -2.16. The molecule has 0 saturated heterocycles. The van der Waals surface area contributed by atoms with Crippen LogP contribution in [0, 0.1) is 0 Å². The van der Waals surface area contributed by atoms with Crippen molar-refractivity contribution in [3.05, 3.63) is 88.1 Å². The molecule has 0 aromatic heterocycles. The second-order valence-electron chi connectivity index (χ2n) is 9.39. The molecule has 0 unspecified atom stereocenters. The first kappa shape index (κ1) is 23.9. The molecule has 0 radical (unpaired) electrons. The zero-order valence-corrected chi connectivity index (χ0v) is 21.1. The van der Waals surface area contributed by atoms with Gasteiger partial charge in [-0.25, -0.2) is 0 Å². The molecular formula is C25H26F2NOSiTi+. The van der Waals surface area contributed by atoms with E-state index in [1.807, 2.05) is 44.4 Å². The summed E-state index contributed by atoms with van der Waals surface area (Å²) in [5.41, 5.74) is 4.34. The largest absolute Gasteiger partial charge is 0.587 e. The van der Waals surface area contributed by atoms with Gasteiger partial charge < -0.3 is 8.61 Å². The van der Waals surface area contributed by atoms with Crippen LogP contribution in [0.25, 0.3) is 16.7 Å². The zero-order chi connectivity index (χ0) is 21.8. The SMILES string of the molecule is CC(C)(C)[N+](C)(C)[Si](=O)C1=CC2=C(C1)c1ccccc1C(=C(F)F)c1ccccc12.[Ti]. The van der Waals surface area contributed by atoms with Gasteiger partial charge >= 0.3 is 8.84 Å². The number of allylic oxidation sites excluding steroid dienone is 4. The second kappa shape index (κ2) is 8.29. The quantitative estimate of drug-likeness (QED) is 0.476. The minimum Gasteiger partial charge on any atom is -0.325 e. The number of benzene rings is 2. The van der Waals surface area contributed by atoms with Crippen molar-refractivity contribution >= 4 is 25.6 Å². The van der Waals surface area contributed by atoms with Crippen molar-refractivity contribution in [1.29, 1.82) is 0 Å². The Labute approximate surface area is 199 Å². The molecule has 2 aromatic rings. The Kier molecular flexibility index (Phi) is 6.38. The van der Waals surface area contributed by atoms with Gasteiger partial charge in [0, 0.05) is 33.3 Å². The van der Waals surface area contributed by atoms with Crippen LogP contribution in [0.2, 0.25) is 0 Å². The van der Waals surface area contributed by atoms with Gasteiger partial charge in [0.05, 0.1) is 25.2 Å². The Bertz CT molecular complexity index is 1170. The summed E-state index contributed by atoms with van der Waals surface area (Å²) < 4.78 is 42.3. The van der Waals surface area contributed by atoms with Gasteiger partial charge in [-0.05, 0) is 60.2 Å². The molecule has 0 heterocycles. The molecule has 0 amide bonds. The third-order valence-electron chi connectivity index (χ3n) is 6.67. The number of rotatable bonds is 2. The Balaban J connectivity index is 0.00000272. The molecule has 0 saturated carbocycles. The number of quaternary nitrogens is 1. The molecule has 2 aliphatic carbocycles. The molecule has 0 atom stereocenters. The summed E-state index contributed by atoms with van der Waals surface area (Å²) in [6.07, 6.45) is 0.841. The van der Waals surface area contributed by atoms with Gasteiger partial charge in [-0.2, -0.15) is 8.78 Å². The molecule has 158 valence electrons. The second-order valence-corrected chi connectivity index (χ2v) is 11.8. The third-order valence-corrected chi connectivity index (χ3v) is 9.22. The molecule has 6 heteroatoms. The van der Waals surface area contributed by atoms with E-state index >= 15 is 0 Å². The van der Waals surface area contributed by atoms with Crippen LogP contribution in [0.3, 0.4) is 0 Å². The van der Waals surface area contributed by atoms with Gasteiger partial charge in [0.25, 0.3) is 6.08 Å². The van der Waals surface area contributed by atoms with Crippen molar-refractivity contribution in [2.45, 2.75) is 32.7 Å². The smallest absolute Gasteiger partial charge is 0.325 e. The average molecular weight is 470 g/mol. The van der Waals surface area contributed by atoms with E-state index in [1.54, 1.807) is 24.3 Å². The van der Waals surface area contributed by atoms with E-state index in [4.69, 9.17) is 0 Å². The van der Waals surface area contributed by atoms with Gasteiger partial charge in [-0.3, -0.25) is 0 Å². The molecule has 2 aliphatic rings. The molecule has 0 spiro atoms. The van der Waals surface area contributed by atoms with Crippen molar-refractivity contribution in [3.63, 3.8) is 0 Å². The van der Waals surface area contributed by atoms with Crippen LogP contribution in [-0.2, 0) is 26.2 Å². The molecule has 0 fully saturated rings. The van der Waals surface area contributed by atoms with E-state index in [1.165, 1.54) is 0 Å². The Morgan fingerprint density at radius 1 is 0.903 bits per heavy atom. The van der Waals surface area contributed by atoms with Crippen molar-refractivity contribution < 1.29 is 39.1 Å². The summed E-state index contributed by atoms with van der Waals surface area (Å²) in [6, 6.07) is 14.6. The Morgan fingerprint density at radius 3 is 1.90 bits per heavy atom. The van der Waals surface area contributed by atoms with Crippen LogP contribution in [-0.4, -0.2) is 32.6 Å². The third kappa shape index (κ3) is 3.82. The van der Waals surface area contributed by atoms with E-state index in [0.29, 0.717) is 21.7 Å². The van der Waals surface area contributed by atoms with Gasteiger partial charge in [-0.15, -0.1) is 0 Å². The standard InChI is InChI=1S/C25H26F2NOSi.Ti/c1-25(2,3)28(4,5)30(29)16-14-21-17-10-6-8-12-19(17)23(24(26)27)20-13-9-7-11-18(20)22(21)15-16;/h6-14H,15H2,1-5H3;/q+1;. The fourth-order valence-corrected chi connectivity index (χ4v) is 6.05. The average Bonchev–Trinajstić information content (AvgIpc) is 3.08. The summed E-state index contributed by atoms with van der Waals surface area (Å²) in [6.45, 7) is 6.28. The van der Waals surface area contributed by atoms with Crippen LogP contribution in [0.4, 0.5) is 8.78 Å². The monoisotopic (exact) mass is 470 g/mol. The summed E-state index contributed by atoms with van der Waals surface area (Å²) in [5, 5.41) is 0.905. The van der Waals surface area contributed by atoms with E-state index in [9.17, 15) is 13.2 Å². The summed E-state index contributed by atoms with van der Waals surface area (Å²) >= 11 is 0. The molecule has 0 N–H and O–H groups in total. The molecular weight excluding hydrogens is 444 g/mol. The van der Waals surface area contributed by atoms with Crippen molar-refractivity contribution in [1.82, 2.24) is 0 Å². The number of hydrogen-bond acceptors (Lipinski definition) is 1. The fraction of sp³-hybridized carbons (Fsp3) is 0.280. The predicted molar refractivity (Wildman–Crippen MR) is 119 cm³/mol. The van der Waals surface area contributed by atoms with Gasteiger partial charge in [0.2, 0.25) is 0 Å². The number of fused-ring (bicyclic) bond motifs is 4. The maximum atomic E-state index is 14.1. The fourth-order valence-electron chi connectivity index (χ4n) is 4.13. The molecule has 4 rings (SSSR count). The predicted octanol–water partition coefficient (Wildman–Crippen LogP) is 6.23. The molecule has 31 heavy (non-hydrogen) atoms. The zero-order valence-electron chi connectivity index (χ0n) is 18.5. The Hall–Kier alpha value is -1.79.